The van der Waals surface area contributed by atoms with Crippen LogP contribution in [0, 0.1) is 11.6 Å². The number of benzene rings is 1. The fraction of sp³-hybridized carbons (Fsp3) is 0.417. The second kappa shape index (κ2) is 6.42. The molecule has 0 radical (unpaired) electrons. The van der Waals surface area contributed by atoms with Crippen LogP contribution in [-0.2, 0) is 16.1 Å². The molecule has 0 aliphatic heterocycles. The topological polar surface area (TPSA) is 58.6 Å². The molecule has 0 aliphatic rings. The molecule has 0 amide bonds. The molecule has 0 heterocycles. The number of nitrogens with one attached hydrogen (secondary N) is 1. The van der Waals surface area contributed by atoms with E-state index in [0.29, 0.717) is 0 Å². The van der Waals surface area contributed by atoms with E-state index in [0.717, 1.165) is 6.07 Å². The van der Waals surface area contributed by atoms with E-state index in [4.69, 9.17) is 0 Å². The average molecular weight is 259 g/mol. The molecule has 18 heavy (non-hydrogen) atoms. The molecule has 0 aliphatic carbocycles. The van der Waals surface area contributed by atoms with E-state index in [1.165, 1.54) is 26.2 Å². The van der Waals surface area contributed by atoms with Crippen LogP contribution in [0.5, 0.6) is 0 Å². The fourth-order valence-corrected chi connectivity index (χ4v) is 1.48. The molecule has 6 heteroatoms. The lowest BCUT2D eigenvalue weighted by Crippen LogP contribution is -2.45. The maximum Gasteiger partial charge on any atom is 0.325 e. The van der Waals surface area contributed by atoms with Crippen LogP contribution in [0.4, 0.5) is 8.78 Å². The maximum atomic E-state index is 13.3. The Morgan fingerprint density at radius 3 is 2.72 bits per heavy atom. The molecule has 4 nitrogen and oxygen atoms in total. The first-order valence-electron chi connectivity index (χ1n) is 5.39. The van der Waals surface area contributed by atoms with Crippen molar-refractivity contribution >= 4 is 5.97 Å². The fourth-order valence-electron chi connectivity index (χ4n) is 1.48. The van der Waals surface area contributed by atoms with Crippen LogP contribution in [0.1, 0.15) is 12.5 Å². The molecule has 0 saturated carbocycles. The minimum absolute atomic E-state index is 0.0737. The summed E-state index contributed by atoms with van der Waals surface area (Å²) in [6.07, 6.45) is -1.01. The molecule has 1 rings (SSSR count). The molecule has 0 spiro atoms. The smallest absolute Gasteiger partial charge is 0.325 e. The Morgan fingerprint density at radius 1 is 1.50 bits per heavy atom. The van der Waals surface area contributed by atoms with Crippen LogP contribution in [0.25, 0.3) is 0 Å². The molecule has 1 aromatic carbocycles. The van der Waals surface area contributed by atoms with E-state index in [-0.39, 0.29) is 12.1 Å². The van der Waals surface area contributed by atoms with Gasteiger partial charge in [0.2, 0.25) is 0 Å². The molecule has 0 unspecified atom stereocenters. The first kappa shape index (κ1) is 14.5. The third-order valence-electron chi connectivity index (χ3n) is 2.48. The number of halogens is 2. The number of rotatable bonds is 5. The average Bonchev–Trinajstić information content (AvgIpc) is 2.33. The first-order chi connectivity index (χ1) is 8.47. The number of hydrogen-bond acceptors (Lipinski definition) is 4. The molecule has 2 atom stereocenters. The molecule has 0 bridgehead atoms. The van der Waals surface area contributed by atoms with Crippen LogP contribution < -0.4 is 5.32 Å². The lowest BCUT2D eigenvalue weighted by Gasteiger charge is -2.19. The third kappa shape index (κ3) is 3.48. The monoisotopic (exact) mass is 259 g/mol. The Hall–Kier alpha value is -1.53. The molecule has 0 saturated heterocycles. The standard InChI is InChI=1S/C12H15F2NO3/c1-7(16)11(12(17)18-2)15-6-8-4-3-5-9(13)10(8)14/h3-5,7,11,15-16H,6H2,1-2H3/t7-,11+/m0/s1. The van der Waals surface area contributed by atoms with Crippen molar-refractivity contribution in [1.29, 1.82) is 0 Å². The lowest BCUT2D eigenvalue weighted by atomic mass is 10.1. The number of methoxy groups -OCH3 is 1. The van der Waals surface area contributed by atoms with Gasteiger partial charge in [0.25, 0.3) is 0 Å². The van der Waals surface area contributed by atoms with Crippen LogP contribution in [0.15, 0.2) is 18.2 Å². The summed E-state index contributed by atoms with van der Waals surface area (Å²) in [7, 11) is 1.18. The summed E-state index contributed by atoms with van der Waals surface area (Å²) in [5.74, 6) is -2.60. The van der Waals surface area contributed by atoms with E-state index < -0.39 is 29.7 Å². The van der Waals surface area contributed by atoms with Crippen molar-refractivity contribution < 1.29 is 23.4 Å². The summed E-state index contributed by atoms with van der Waals surface area (Å²) in [5.41, 5.74) is 0.0737. The highest BCUT2D eigenvalue weighted by Gasteiger charge is 2.24. The van der Waals surface area contributed by atoms with E-state index in [9.17, 15) is 18.7 Å². The molecule has 2 N–H and O–H groups in total. The Bertz CT molecular complexity index is 424. The Morgan fingerprint density at radius 2 is 2.17 bits per heavy atom. The predicted octanol–water partition coefficient (Wildman–Crippen LogP) is 0.977. The van der Waals surface area contributed by atoms with Crippen LogP contribution in [0.3, 0.4) is 0 Å². The summed E-state index contributed by atoms with van der Waals surface area (Å²) in [6, 6.07) is 2.77. The van der Waals surface area contributed by atoms with Crippen LogP contribution in [-0.4, -0.2) is 30.3 Å². The van der Waals surface area contributed by atoms with Crippen LogP contribution in [0.2, 0.25) is 0 Å². The van der Waals surface area contributed by atoms with Crippen LogP contribution >= 0.6 is 0 Å². The van der Waals surface area contributed by atoms with E-state index >= 15 is 0 Å². The van der Waals surface area contributed by atoms with Gasteiger partial charge in [0.15, 0.2) is 11.6 Å². The van der Waals surface area contributed by atoms with Gasteiger partial charge in [-0.15, -0.1) is 0 Å². The SMILES string of the molecule is COC(=O)[C@H](NCc1cccc(F)c1F)[C@H](C)O. The molecular weight excluding hydrogens is 244 g/mol. The molecule has 100 valence electrons. The van der Waals surface area contributed by atoms with Gasteiger partial charge in [-0.25, -0.2) is 8.78 Å². The summed E-state index contributed by atoms with van der Waals surface area (Å²) in [5, 5.41) is 12.0. The number of ether oxygens (including phenoxy) is 1. The summed E-state index contributed by atoms with van der Waals surface area (Å²) in [4.78, 5) is 11.3. The Labute approximate surface area is 104 Å². The zero-order chi connectivity index (χ0) is 13.7. The largest absolute Gasteiger partial charge is 0.468 e. The second-order valence-electron chi connectivity index (χ2n) is 3.84. The summed E-state index contributed by atoms with van der Waals surface area (Å²) in [6.45, 7) is 1.31. The number of hydrogen-bond donors (Lipinski definition) is 2. The van der Waals surface area contributed by atoms with Crippen molar-refractivity contribution in [3.05, 3.63) is 35.4 Å². The zero-order valence-electron chi connectivity index (χ0n) is 10.1. The molecule has 1 aromatic rings. The molecular formula is C12H15F2NO3. The number of carbonyl (C=O) groups is 1. The highest BCUT2D eigenvalue weighted by molar-refractivity contribution is 5.76. The van der Waals surface area contributed by atoms with Gasteiger partial charge in [-0.05, 0) is 13.0 Å². The third-order valence-corrected chi connectivity index (χ3v) is 2.48. The highest BCUT2D eigenvalue weighted by atomic mass is 19.2. The highest BCUT2D eigenvalue weighted by Crippen LogP contribution is 2.11. The number of aliphatic hydroxyl groups is 1. The normalized spacial score (nSPS) is 14.1. The van der Waals surface area contributed by atoms with Gasteiger partial charge in [0.1, 0.15) is 6.04 Å². The lowest BCUT2D eigenvalue weighted by molar-refractivity contribution is -0.145. The maximum absolute atomic E-state index is 13.3. The number of esters is 1. The van der Waals surface area contributed by atoms with Crippen molar-refractivity contribution in [3.8, 4) is 0 Å². The van der Waals surface area contributed by atoms with Crippen molar-refractivity contribution in [2.75, 3.05) is 7.11 Å². The minimum atomic E-state index is -1.01. The van der Waals surface area contributed by atoms with Crippen molar-refractivity contribution in [2.45, 2.75) is 25.6 Å². The summed E-state index contributed by atoms with van der Waals surface area (Å²) < 4.78 is 30.8. The van der Waals surface area contributed by atoms with Gasteiger partial charge in [0, 0.05) is 12.1 Å². The zero-order valence-corrected chi connectivity index (χ0v) is 10.1. The van der Waals surface area contributed by atoms with Crippen molar-refractivity contribution in [3.63, 3.8) is 0 Å². The number of aliphatic hydroxyl groups excluding tert-OH is 1. The van der Waals surface area contributed by atoms with Gasteiger partial charge in [-0.2, -0.15) is 0 Å². The van der Waals surface area contributed by atoms with Crippen molar-refractivity contribution in [2.24, 2.45) is 0 Å². The molecule has 0 aromatic heterocycles. The Balaban J connectivity index is 2.73. The number of carbonyl (C=O) groups excluding carboxylic acids is 1. The van der Waals surface area contributed by atoms with E-state index in [2.05, 4.69) is 10.1 Å². The van der Waals surface area contributed by atoms with E-state index in [1.807, 2.05) is 0 Å². The Kier molecular flexibility index (Phi) is 5.18. The van der Waals surface area contributed by atoms with Crippen molar-refractivity contribution in [1.82, 2.24) is 5.32 Å². The van der Waals surface area contributed by atoms with E-state index in [1.54, 1.807) is 0 Å². The van der Waals surface area contributed by atoms with Gasteiger partial charge >= 0.3 is 5.97 Å². The second-order valence-corrected chi connectivity index (χ2v) is 3.84. The van der Waals surface area contributed by atoms with Gasteiger partial charge in [-0.1, -0.05) is 12.1 Å². The first-order valence-corrected chi connectivity index (χ1v) is 5.39. The summed E-state index contributed by atoms with van der Waals surface area (Å²) >= 11 is 0. The minimum Gasteiger partial charge on any atom is -0.468 e. The quantitative estimate of drug-likeness (QED) is 0.774. The molecule has 0 fully saturated rings. The van der Waals surface area contributed by atoms with Gasteiger partial charge in [-0.3, -0.25) is 10.1 Å². The van der Waals surface area contributed by atoms with Gasteiger partial charge < -0.3 is 9.84 Å². The predicted molar refractivity (Wildman–Crippen MR) is 60.7 cm³/mol. The van der Waals surface area contributed by atoms with Gasteiger partial charge in [0.05, 0.1) is 13.2 Å².